The van der Waals surface area contributed by atoms with E-state index in [1.165, 1.54) is 35.4 Å². The van der Waals surface area contributed by atoms with Crippen LogP contribution < -0.4 is 0 Å². The van der Waals surface area contributed by atoms with Crippen LogP contribution in [0.25, 0.3) is 99.5 Å². The third kappa shape index (κ3) is 7.39. The zero-order chi connectivity index (χ0) is 48.8. The first kappa shape index (κ1) is 44.2. The predicted octanol–water partition coefficient (Wildman–Crippen LogP) is 17.7. The number of fused-ring (bicyclic) bond motifs is 6. The van der Waals surface area contributed by atoms with Crippen molar-refractivity contribution in [3.05, 3.63) is 215 Å². The van der Waals surface area contributed by atoms with E-state index >= 15 is 0 Å². The van der Waals surface area contributed by atoms with Gasteiger partial charge in [0, 0.05) is 32.7 Å². The number of hydrogen-bond donors (Lipinski definition) is 0. The zero-order valence-electron chi connectivity index (χ0n) is 38.4. The number of para-hydroxylation sites is 2. The minimum absolute atomic E-state index is 0.411. The van der Waals surface area contributed by atoms with Gasteiger partial charge < -0.3 is 9.13 Å². The molecule has 342 valence electrons. The molecule has 70 heavy (non-hydrogen) atoms. The Kier molecular flexibility index (Phi) is 10.4. The lowest BCUT2D eigenvalue weighted by Gasteiger charge is -2.21. The van der Waals surface area contributed by atoms with E-state index in [2.05, 4.69) is 77.6 Å². The number of nitriles is 1. The summed E-state index contributed by atoms with van der Waals surface area (Å²) in [6.45, 7) is 7.56. The van der Waals surface area contributed by atoms with Crippen LogP contribution in [0.15, 0.2) is 176 Å². The second-order valence-corrected chi connectivity index (χ2v) is 18.1. The smallest absolute Gasteiger partial charge is 0.309 e. The molecular formula is C61H41F6N3. The molecule has 2 aromatic heterocycles. The van der Waals surface area contributed by atoms with Crippen LogP contribution in [0.5, 0.6) is 0 Å². The molecule has 0 unspecified atom stereocenters. The molecule has 0 fully saturated rings. The van der Waals surface area contributed by atoms with Gasteiger partial charge in [0.1, 0.15) is 0 Å². The first-order chi connectivity index (χ1) is 33.6. The van der Waals surface area contributed by atoms with Gasteiger partial charge in [-0.05, 0) is 163 Å². The van der Waals surface area contributed by atoms with Crippen LogP contribution in [-0.4, -0.2) is 9.13 Å². The Balaban J connectivity index is 1.19. The Morgan fingerprint density at radius 3 is 1.31 bits per heavy atom. The highest BCUT2D eigenvalue weighted by molar-refractivity contribution is 6.13. The van der Waals surface area contributed by atoms with Gasteiger partial charge in [-0.15, -0.1) is 0 Å². The maximum atomic E-state index is 14.0. The molecule has 0 N–H and O–H groups in total. The van der Waals surface area contributed by atoms with Gasteiger partial charge in [-0.25, -0.2) is 0 Å². The van der Waals surface area contributed by atoms with E-state index in [1.807, 2.05) is 84.9 Å². The predicted molar refractivity (Wildman–Crippen MR) is 271 cm³/mol. The SMILES string of the molecule is Cc1ccc(-c2ccc3c(c2)c2ccccc2n3-c2ccc(-c3ccc(C(F)(F)F)cc3C)cc2-c2ccc(C#N)cc2-n2c3ccccc3c3cc(-c4ccc(C(F)(F)F)cc4C)ccc32)c(C)c1. The van der Waals surface area contributed by atoms with Crippen LogP contribution in [0.3, 0.4) is 0 Å². The van der Waals surface area contributed by atoms with Gasteiger partial charge >= 0.3 is 12.4 Å². The molecule has 3 nitrogen and oxygen atoms in total. The zero-order valence-corrected chi connectivity index (χ0v) is 38.4. The van der Waals surface area contributed by atoms with E-state index < -0.39 is 23.5 Å². The van der Waals surface area contributed by atoms with Gasteiger partial charge in [0.25, 0.3) is 0 Å². The first-order valence-corrected chi connectivity index (χ1v) is 22.8. The monoisotopic (exact) mass is 929 g/mol. The average molecular weight is 930 g/mol. The van der Waals surface area contributed by atoms with E-state index in [0.717, 1.165) is 89.2 Å². The molecule has 0 spiro atoms. The van der Waals surface area contributed by atoms with Gasteiger partial charge in [0.15, 0.2) is 0 Å². The van der Waals surface area contributed by atoms with Gasteiger partial charge in [0.2, 0.25) is 0 Å². The number of hydrogen-bond acceptors (Lipinski definition) is 1. The van der Waals surface area contributed by atoms with Gasteiger partial charge in [0.05, 0.1) is 56.2 Å². The van der Waals surface area contributed by atoms with Crippen molar-refractivity contribution in [3.8, 4) is 62.0 Å². The van der Waals surface area contributed by atoms with Crippen molar-refractivity contribution in [2.45, 2.75) is 40.0 Å². The van der Waals surface area contributed by atoms with Crippen molar-refractivity contribution >= 4 is 43.6 Å². The molecule has 0 atom stereocenters. The molecule has 0 aliphatic rings. The number of halogens is 6. The van der Waals surface area contributed by atoms with Crippen molar-refractivity contribution in [2.75, 3.05) is 0 Å². The fraction of sp³-hybridized carbons (Fsp3) is 0.0984. The summed E-state index contributed by atoms with van der Waals surface area (Å²) in [5.74, 6) is 0. The molecule has 11 aromatic rings. The van der Waals surface area contributed by atoms with Crippen molar-refractivity contribution in [3.63, 3.8) is 0 Å². The normalized spacial score (nSPS) is 12.1. The molecule has 0 amide bonds. The van der Waals surface area contributed by atoms with Crippen LogP contribution in [0.2, 0.25) is 0 Å². The molecule has 0 saturated carbocycles. The molecule has 0 bridgehead atoms. The maximum absolute atomic E-state index is 14.0. The summed E-state index contributed by atoms with van der Waals surface area (Å²) in [4.78, 5) is 0. The molecule has 11 rings (SSSR count). The van der Waals surface area contributed by atoms with Gasteiger partial charge in [-0.2, -0.15) is 31.6 Å². The summed E-state index contributed by atoms with van der Waals surface area (Å²) in [5.41, 5.74) is 13.8. The van der Waals surface area contributed by atoms with Crippen molar-refractivity contribution in [1.82, 2.24) is 9.13 Å². The van der Waals surface area contributed by atoms with E-state index in [4.69, 9.17) is 0 Å². The lowest BCUT2D eigenvalue weighted by Crippen LogP contribution is -2.05. The largest absolute Gasteiger partial charge is 0.416 e. The quantitative estimate of drug-likeness (QED) is 0.153. The van der Waals surface area contributed by atoms with Crippen molar-refractivity contribution in [2.24, 2.45) is 0 Å². The van der Waals surface area contributed by atoms with Crippen molar-refractivity contribution < 1.29 is 26.3 Å². The second-order valence-electron chi connectivity index (χ2n) is 18.1. The number of benzene rings is 9. The molecule has 2 heterocycles. The lowest BCUT2D eigenvalue weighted by atomic mass is 9.92. The Hall–Kier alpha value is -8.35. The summed E-state index contributed by atoms with van der Waals surface area (Å²) in [7, 11) is 0. The highest BCUT2D eigenvalue weighted by atomic mass is 19.4. The minimum atomic E-state index is -4.51. The molecule has 0 aliphatic carbocycles. The summed E-state index contributed by atoms with van der Waals surface area (Å²) in [5, 5.41) is 14.3. The van der Waals surface area contributed by atoms with Crippen molar-refractivity contribution in [1.29, 1.82) is 5.26 Å². The number of aryl methyl sites for hydroxylation is 4. The Morgan fingerprint density at radius 1 is 0.371 bits per heavy atom. The number of nitrogens with zero attached hydrogens (tertiary/aromatic N) is 3. The maximum Gasteiger partial charge on any atom is 0.416 e. The topological polar surface area (TPSA) is 33.6 Å². The molecule has 9 heteroatoms. The fourth-order valence-electron chi connectivity index (χ4n) is 10.4. The highest BCUT2D eigenvalue weighted by Crippen LogP contribution is 2.45. The summed E-state index contributed by atoms with van der Waals surface area (Å²) in [6.07, 6.45) is -8.98. The average Bonchev–Trinajstić information content (AvgIpc) is 3.85. The molecular weight excluding hydrogens is 889 g/mol. The Bertz CT molecular complexity index is 3990. The molecule has 9 aromatic carbocycles. The van der Waals surface area contributed by atoms with E-state index in [0.29, 0.717) is 39.1 Å². The van der Waals surface area contributed by atoms with E-state index in [1.54, 1.807) is 19.9 Å². The summed E-state index contributed by atoms with van der Waals surface area (Å²) >= 11 is 0. The molecule has 0 radical (unpaired) electrons. The molecule has 0 saturated heterocycles. The van der Waals surface area contributed by atoms with Crippen LogP contribution >= 0.6 is 0 Å². The summed E-state index contributed by atoms with van der Waals surface area (Å²) in [6, 6.07) is 56.5. The van der Waals surface area contributed by atoms with Gasteiger partial charge in [-0.1, -0.05) is 96.6 Å². The first-order valence-electron chi connectivity index (χ1n) is 22.8. The standard InChI is InChI=1S/C61H41F6N3/c1-35-13-20-45(36(2)27-35)40-15-24-56-51(31-40)48-9-5-7-11-54(48)69(56)57-25-16-42(47-23-19-44(29-38(47)4)61(65,66)67)33-53(57)50-21-14-39(34-68)30-59(50)70-55-12-8-6-10-49(55)52-32-41(17-26-58(52)70)46-22-18-43(28-37(46)3)60(62,63)64/h5-33H,1-4H3. The Morgan fingerprint density at radius 2 is 0.814 bits per heavy atom. The molecule has 0 aliphatic heterocycles. The number of rotatable bonds is 6. The number of alkyl halides is 6. The summed E-state index contributed by atoms with van der Waals surface area (Å²) < 4.78 is 87.5. The van der Waals surface area contributed by atoms with Crippen LogP contribution in [0, 0.1) is 39.0 Å². The third-order valence-electron chi connectivity index (χ3n) is 13.7. The van der Waals surface area contributed by atoms with Crippen LogP contribution in [0.4, 0.5) is 26.3 Å². The highest BCUT2D eigenvalue weighted by Gasteiger charge is 2.32. The fourth-order valence-corrected chi connectivity index (χ4v) is 10.4. The number of aromatic nitrogens is 2. The Labute approximate surface area is 399 Å². The second kappa shape index (κ2) is 16.4. The third-order valence-corrected chi connectivity index (χ3v) is 13.7. The lowest BCUT2D eigenvalue weighted by molar-refractivity contribution is -0.138. The van der Waals surface area contributed by atoms with Crippen LogP contribution in [-0.2, 0) is 12.4 Å². The minimum Gasteiger partial charge on any atom is -0.309 e. The van der Waals surface area contributed by atoms with E-state index in [-0.39, 0.29) is 0 Å². The van der Waals surface area contributed by atoms with Gasteiger partial charge in [-0.3, -0.25) is 0 Å². The van der Waals surface area contributed by atoms with Crippen LogP contribution in [0.1, 0.15) is 38.9 Å². The van der Waals surface area contributed by atoms with E-state index in [9.17, 15) is 31.6 Å².